The van der Waals surface area contributed by atoms with E-state index in [1.54, 1.807) is 0 Å². The summed E-state index contributed by atoms with van der Waals surface area (Å²) in [6.45, 7) is 10.9. The highest BCUT2D eigenvalue weighted by molar-refractivity contribution is 5.85. The molecule has 1 heterocycles. The molecule has 1 aliphatic heterocycles. The quantitative estimate of drug-likeness (QED) is 0.812. The van der Waals surface area contributed by atoms with Gasteiger partial charge in [0.15, 0.2) is 0 Å². The number of nitrogens with one attached hydrogen (secondary N) is 1. The van der Waals surface area contributed by atoms with Crippen LogP contribution in [0.15, 0.2) is 0 Å². The highest BCUT2D eigenvalue weighted by atomic mass is 35.5. The minimum absolute atomic E-state index is 0. The third kappa shape index (κ3) is 6.85. The molecular weight excluding hydrogens is 282 g/mol. The third-order valence-electron chi connectivity index (χ3n) is 5.19. The summed E-state index contributed by atoms with van der Waals surface area (Å²) in [4.78, 5) is 5.06. The fourth-order valence-electron chi connectivity index (χ4n) is 3.90. The summed E-state index contributed by atoms with van der Waals surface area (Å²) < 4.78 is 0. The zero-order valence-electron chi connectivity index (χ0n) is 14.3. The molecule has 0 aromatic carbocycles. The van der Waals surface area contributed by atoms with Crippen molar-refractivity contribution in [1.29, 1.82) is 0 Å². The molecule has 0 spiro atoms. The minimum atomic E-state index is 0. The van der Waals surface area contributed by atoms with Crippen LogP contribution in [-0.2, 0) is 0 Å². The molecule has 0 radical (unpaired) electrons. The Balaban J connectivity index is 0.00000220. The van der Waals surface area contributed by atoms with Gasteiger partial charge in [-0.25, -0.2) is 0 Å². The summed E-state index contributed by atoms with van der Waals surface area (Å²) in [5, 5.41) is 3.88. The SMILES string of the molecule is CCCC1CCC(NC(C)CN2CCN(C)CC2)CC1.Cl. The predicted molar refractivity (Wildman–Crippen MR) is 94.4 cm³/mol. The summed E-state index contributed by atoms with van der Waals surface area (Å²) >= 11 is 0. The molecule has 1 saturated carbocycles. The number of hydrogen-bond donors (Lipinski definition) is 1. The van der Waals surface area contributed by atoms with Crippen molar-refractivity contribution in [1.82, 2.24) is 15.1 Å². The first-order valence-corrected chi connectivity index (χ1v) is 8.84. The molecule has 2 rings (SSSR count). The lowest BCUT2D eigenvalue weighted by Crippen LogP contribution is -2.50. The van der Waals surface area contributed by atoms with E-state index in [4.69, 9.17) is 0 Å². The van der Waals surface area contributed by atoms with Gasteiger partial charge in [-0.15, -0.1) is 12.4 Å². The van der Waals surface area contributed by atoms with Crippen molar-refractivity contribution in [2.45, 2.75) is 64.5 Å². The van der Waals surface area contributed by atoms with Crippen LogP contribution in [0.2, 0.25) is 0 Å². The highest BCUT2D eigenvalue weighted by Crippen LogP contribution is 2.27. The van der Waals surface area contributed by atoms with Crippen LogP contribution in [0.1, 0.15) is 52.4 Å². The van der Waals surface area contributed by atoms with Crippen molar-refractivity contribution in [3.63, 3.8) is 0 Å². The molecule has 1 saturated heterocycles. The Bertz CT molecular complexity index is 259. The minimum Gasteiger partial charge on any atom is -0.310 e. The summed E-state index contributed by atoms with van der Waals surface area (Å²) in [6.07, 6.45) is 8.51. The van der Waals surface area contributed by atoms with E-state index in [1.807, 2.05) is 0 Å². The maximum absolute atomic E-state index is 3.88. The molecule has 2 aliphatic rings. The molecule has 1 unspecified atom stereocenters. The van der Waals surface area contributed by atoms with Crippen molar-refractivity contribution in [2.24, 2.45) is 5.92 Å². The lowest BCUT2D eigenvalue weighted by molar-refractivity contribution is 0.139. The van der Waals surface area contributed by atoms with Crippen molar-refractivity contribution >= 4 is 12.4 Å². The molecule has 0 amide bonds. The van der Waals surface area contributed by atoms with Crippen molar-refractivity contribution in [3.05, 3.63) is 0 Å². The number of hydrogen-bond acceptors (Lipinski definition) is 3. The van der Waals surface area contributed by atoms with Gasteiger partial charge in [0.25, 0.3) is 0 Å². The van der Waals surface area contributed by atoms with Gasteiger partial charge in [-0.05, 0) is 45.6 Å². The second-order valence-corrected chi connectivity index (χ2v) is 7.18. The molecule has 1 N–H and O–H groups in total. The predicted octanol–water partition coefficient (Wildman–Crippen LogP) is 2.99. The first-order valence-electron chi connectivity index (χ1n) is 8.84. The lowest BCUT2D eigenvalue weighted by atomic mass is 9.83. The van der Waals surface area contributed by atoms with E-state index >= 15 is 0 Å². The molecule has 126 valence electrons. The van der Waals surface area contributed by atoms with Gasteiger partial charge in [0.1, 0.15) is 0 Å². The summed E-state index contributed by atoms with van der Waals surface area (Å²) in [5.41, 5.74) is 0. The Kier molecular flexibility index (Phi) is 9.19. The van der Waals surface area contributed by atoms with Crippen molar-refractivity contribution in [2.75, 3.05) is 39.8 Å². The largest absolute Gasteiger partial charge is 0.310 e. The number of likely N-dealkylation sites (N-methyl/N-ethyl adjacent to an activating group) is 1. The van der Waals surface area contributed by atoms with Crippen LogP contribution >= 0.6 is 12.4 Å². The fourth-order valence-corrected chi connectivity index (χ4v) is 3.90. The Labute approximate surface area is 138 Å². The maximum atomic E-state index is 3.88. The Morgan fingerprint density at radius 1 is 1.05 bits per heavy atom. The van der Waals surface area contributed by atoms with Crippen molar-refractivity contribution in [3.8, 4) is 0 Å². The number of nitrogens with zero attached hydrogens (tertiary/aromatic N) is 2. The first-order chi connectivity index (χ1) is 9.67. The van der Waals surface area contributed by atoms with E-state index in [1.165, 1.54) is 71.2 Å². The summed E-state index contributed by atoms with van der Waals surface area (Å²) in [5.74, 6) is 1.02. The molecule has 21 heavy (non-hydrogen) atoms. The standard InChI is InChI=1S/C17H35N3.ClH/c1-4-5-16-6-8-17(9-7-16)18-15(2)14-20-12-10-19(3)11-13-20;/h15-18H,4-14H2,1-3H3;1H. The zero-order chi connectivity index (χ0) is 14.4. The van der Waals surface area contributed by atoms with Crippen LogP contribution in [0.4, 0.5) is 0 Å². The van der Waals surface area contributed by atoms with E-state index in [9.17, 15) is 0 Å². The molecule has 1 atom stereocenters. The van der Waals surface area contributed by atoms with Gasteiger partial charge in [0.2, 0.25) is 0 Å². The number of piperazine rings is 1. The number of halogens is 1. The van der Waals surface area contributed by atoms with Gasteiger partial charge in [-0.1, -0.05) is 19.8 Å². The average Bonchev–Trinajstić information content (AvgIpc) is 2.44. The summed E-state index contributed by atoms with van der Waals surface area (Å²) in [7, 11) is 2.23. The van der Waals surface area contributed by atoms with Gasteiger partial charge < -0.3 is 10.2 Å². The van der Waals surface area contributed by atoms with Crippen LogP contribution in [0.3, 0.4) is 0 Å². The Hall–Kier alpha value is 0.170. The van der Waals surface area contributed by atoms with Gasteiger partial charge >= 0.3 is 0 Å². The normalized spacial score (nSPS) is 29.9. The van der Waals surface area contributed by atoms with Gasteiger partial charge in [0.05, 0.1) is 0 Å². The lowest BCUT2D eigenvalue weighted by Gasteiger charge is -2.36. The van der Waals surface area contributed by atoms with Crippen LogP contribution in [0, 0.1) is 5.92 Å². The third-order valence-corrected chi connectivity index (χ3v) is 5.19. The second kappa shape index (κ2) is 10.0. The second-order valence-electron chi connectivity index (χ2n) is 7.18. The smallest absolute Gasteiger partial charge is 0.0169 e. The molecule has 2 fully saturated rings. The van der Waals surface area contributed by atoms with E-state index in [0.717, 1.165) is 12.0 Å². The highest BCUT2D eigenvalue weighted by Gasteiger charge is 2.22. The fraction of sp³-hybridized carbons (Fsp3) is 1.00. The molecular formula is C17H36ClN3. The molecule has 1 aliphatic carbocycles. The molecule has 4 heteroatoms. The number of rotatable bonds is 6. The first kappa shape index (κ1) is 19.2. The van der Waals surface area contributed by atoms with Crippen molar-refractivity contribution < 1.29 is 0 Å². The van der Waals surface area contributed by atoms with E-state index in [0.29, 0.717) is 6.04 Å². The average molecular weight is 318 g/mol. The molecule has 0 aromatic rings. The van der Waals surface area contributed by atoms with Crippen LogP contribution in [0.5, 0.6) is 0 Å². The molecule has 0 bridgehead atoms. The topological polar surface area (TPSA) is 18.5 Å². The van der Waals surface area contributed by atoms with E-state index in [2.05, 4.69) is 36.0 Å². The summed E-state index contributed by atoms with van der Waals surface area (Å²) in [6, 6.07) is 1.43. The van der Waals surface area contributed by atoms with Gasteiger partial charge in [-0.3, -0.25) is 4.90 Å². The Morgan fingerprint density at radius 3 is 2.24 bits per heavy atom. The molecule has 3 nitrogen and oxygen atoms in total. The maximum Gasteiger partial charge on any atom is 0.0169 e. The monoisotopic (exact) mass is 317 g/mol. The van der Waals surface area contributed by atoms with Crippen LogP contribution in [-0.4, -0.2) is 61.7 Å². The Morgan fingerprint density at radius 2 is 1.67 bits per heavy atom. The van der Waals surface area contributed by atoms with Gasteiger partial charge in [-0.2, -0.15) is 0 Å². The molecule has 0 aromatic heterocycles. The zero-order valence-corrected chi connectivity index (χ0v) is 15.1. The van der Waals surface area contributed by atoms with E-state index in [-0.39, 0.29) is 12.4 Å². The van der Waals surface area contributed by atoms with Crippen LogP contribution < -0.4 is 5.32 Å². The van der Waals surface area contributed by atoms with Gasteiger partial charge in [0, 0.05) is 44.8 Å². The van der Waals surface area contributed by atoms with E-state index < -0.39 is 0 Å². The van der Waals surface area contributed by atoms with Crippen LogP contribution in [0.25, 0.3) is 0 Å².